The van der Waals surface area contributed by atoms with Crippen molar-refractivity contribution in [3.63, 3.8) is 0 Å². The average molecular weight is 250 g/mol. The summed E-state index contributed by atoms with van der Waals surface area (Å²) < 4.78 is 13.7. The van der Waals surface area contributed by atoms with Crippen LogP contribution in [0.4, 0.5) is 10.1 Å². The Labute approximate surface area is 109 Å². The van der Waals surface area contributed by atoms with E-state index in [-0.39, 0.29) is 5.82 Å². The van der Waals surface area contributed by atoms with E-state index < -0.39 is 0 Å². The molecule has 0 aromatic heterocycles. The maximum absolute atomic E-state index is 13.7. The van der Waals surface area contributed by atoms with Crippen LogP contribution in [0.3, 0.4) is 0 Å². The molecule has 0 radical (unpaired) electrons. The van der Waals surface area contributed by atoms with Gasteiger partial charge in [0.2, 0.25) is 0 Å². The van der Waals surface area contributed by atoms with Crippen molar-refractivity contribution >= 4 is 5.69 Å². The highest BCUT2D eigenvalue weighted by Crippen LogP contribution is 2.29. The van der Waals surface area contributed by atoms with Gasteiger partial charge in [-0.2, -0.15) is 0 Å². The molecule has 1 fully saturated rings. The summed E-state index contributed by atoms with van der Waals surface area (Å²) in [5.74, 6) is 0.540. The molecule has 0 bridgehead atoms. The van der Waals surface area contributed by atoms with Crippen molar-refractivity contribution in [2.75, 3.05) is 18.5 Å². The Bertz CT molecular complexity index is 405. The van der Waals surface area contributed by atoms with E-state index in [2.05, 4.69) is 30.1 Å². The first-order chi connectivity index (χ1) is 8.61. The Morgan fingerprint density at radius 1 is 1.33 bits per heavy atom. The predicted octanol–water partition coefficient (Wildman–Crippen LogP) is 3.17. The van der Waals surface area contributed by atoms with Crippen molar-refractivity contribution in [2.45, 2.75) is 39.3 Å². The van der Waals surface area contributed by atoms with Crippen molar-refractivity contribution in [3.8, 4) is 0 Å². The summed E-state index contributed by atoms with van der Waals surface area (Å²) in [5.41, 5.74) is 2.04. The minimum Gasteiger partial charge on any atom is -0.368 e. The Morgan fingerprint density at radius 2 is 2.11 bits per heavy atom. The lowest BCUT2D eigenvalue weighted by atomic mass is 9.91. The summed E-state index contributed by atoms with van der Waals surface area (Å²) >= 11 is 0. The highest BCUT2D eigenvalue weighted by Gasteiger charge is 2.25. The summed E-state index contributed by atoms with van der Waals surface area (Å²) in [6.45, 7) is 6.27. The lowest BCUT2D eigenvalue weighted by Crippen LogP contribution is -2.42. The summed E-state index contributed by atoms with van der Waals surface area (Å²) in [5, 5.41) is 3.08. The predicted molar refractivity (Wildman–Crippen MR) is 74.4 cm³/mol. The van der Waals surface area contributed by atoms with Crippen LogP contribution in [-0.4, -0.2) is 19.6 Å². The van der Waals surface area contributed by atoms with Crippen LogP contribution < -0.4 is 10.2 Å². The molecule has 2 rings (SSSR count). The van der Waals surface area contributed by atoms with Gasteiger partial charge in [-0.25, -0.2) is 4.39 Å². The Balaban J connectivity index is 2.26. The molecule has 0 amide bonds. The normalized spacial score (nSPS) is 24.3. The number of hydrogen-bond acceptors (Lipinski definition) is 2. The second kappa shape index (κ2) is 5.70. The van der Waals surface area contributed by atoms with Gasteiger partial charge in [0.15, 0.2) is 0 Å². The van der Waals surface area contributed by atoms with Crippen molar-refractivity contribution < 1.29 is 4.39 Å². The minimum absolute atomic E-state index is 0.136. The van der Waals surface area contributed by atoms with Crippen molar-refractivity contribution in [1.82, 2.24) is 5.32 Å². The monoisotopic (exact) mass is 250 g/mol. The number of nitrogens with one attached hydrogen (secondary N) is 1. The topological polar surface area (TPSA) is 15.3 Å². The van der Waals surface area contributed by atoms with Gasteiger partial charge in [0, 0.05) is 24.8 Å². The van der Waals surface area contributed by atoms with Gasteiger partial charge in [-0.3, -0.25) is 0 Å². The number of benzene rings is 1. The quantitative estimate of drug-likeness (QED) is 0.886. The highest BCUT2D eigenvalue weighted by molar-refractivity contribution is 5.50. The van der Waals surface area contributed by atoms with Gasteiger partial charge in [0.1, 0.15) is 5.82 Å². The third-order valence-electron chi connectivity index (χ3n) is 4.03. The second-order valence-electron chi connectivity index (χ2n) is 5.40. The molecule has 1 aromatic rings. The zero-order valence-corrected chi connectivity index (χ0v) is 11.5. The molecule has 1 aliphatic heterocycles. The molecule has 1 aliphatic rings. The number of rotatable bonds is 3. The number of nitrogens with zero attached hydrogens (tertiary/aromatic N) is 1. The third-order valence-corrected chi connectivity index (χ3v) is 4.03. The molecule has 1 heterocycles. The lowest BCUT2D eigenvalue weighted by molar-refractivity contribution is 0.363. The molecule has 3 heteroatoms. The van der Waals surface area contributed by atoms with E-state index in [1.165, 1.54) is 12.8 Å². The fourth-order valence-electron chi connectivity index (χ4n) is 2.81. The Hall–Kier alpha value is -1.09. The fraction of sp³-hybridized carbons (Fsp3) is 0.600. The van der Waals surface area contributed by atoms with Gasteiger partial charge < -0.3 is 10.2 Å². The average Bonchev–Trinajstić information content (AvgIpc) is 2.32. The van der Waals surface area contributed by atoms with E-state index in [9.17, 15) is 4.39 Å². The van der Waals surface area contributed by atoms with Crippen LogP contribution in [0.1, 0.15) is 32.3 Å². The molecule has 0 spiro atoms. The third kappa shape index (κ3) is 2.83. The van der Waals surface area contributed by atoms with Gasteiger partial charge in [-0.1, -0.05) is 6.92 Å². The lowest BCUT2D eigenvalue weighted by Gasteiger charge is -2.39. The molecule has 2 nitrogen and oxygen atoms in total. The number of hydrogen-bond donors (Lipinski definition) is 1. The zero-order chi connectivity index (χ0) is 13.1. The molecule has 18 heavy (non-hydrogen) atoms. The van der Waals surface area contributed by atoms with E-state index in [1.54, 1.807) is 12.1 Å². The molecule has 2 atom stereocenters. The molecule has 0 saturated carbocycles. The van der Waals surface area contributed by atoms with E-state index in [4.69, 9.17) is 0 Å². The van der Waals surface area contributed by atoms with Crippen LogP contribution in [0, 0.1) is 11.7 Å². The van der Waals surface area contributed by atoms with Gasteiger partial charge in [-0.15, -0.1) is 0 Å². The van der Waals surface area contributed by atoms with Gasteiger partial charge in [0.25, 0.3) is 0 Å². The standard InChI is InChI=1S/C15H23FN2/c1-11-5-4-6-18(12(11)2)15-8-13(10-17-3)7-14(16)9-15/h7-9,11-12,17H,4-6,10H2,1-3H3. The van der Waals surface area contributed by atoms with E-state index in [1.807, 2.05) is 7.05 Å². The van der Waals surface area contributed by atoms with Crippen LogP contribution in [0.15, 0.2) is 18.2 Å². The first kappa shape index (κ1) is 13.3. The fourth-order valence-corrected chi connectivity index (χ4v) is 2.81. The molecular weight excluding hydrogens is 227 g/mol. The molecule has 2 unspecified atom stereocenters. The molecule has 0 aliphatic carbocycles. The molecule has 1 N–H and O–H groups in total. The SMILES string of the molecule is CNCc1cc(F)cc(N2CCCC(C)C2C)c1. The van der Waals surface area contributed by atoms with Gasteiger partial charge in [0.05, 0.1) is 0 Å². The van der Waals surface area contributed by atoms with Crippen LogP contribution in [0.2, 0.25) is 0 Å². The molecule has 1 saturated heterocycles. The summed E-state index contributed by atoms with van der Waals surface area (Å²) in [7, 11) is 1.89. The smallest absolute Gasteiger partial charge is 0.125 e. The van der Waals surface area contributed by atoms with Gasteiger partial charge >= 0.3 is 0 Å². The maximum atomic E-state index is 13.7. The van der Waals surface area contributed by atoms with Crippen LogP contribution in [-0.2, 0) is 6.54 Å². The number of halogens is 1. The van der Waals surface area contributed by atoms with E-state index in [0.717, 1.165) is 17.8 Å². The van der Waals surface area contributed by atoms with Crippen LogP contribution in [0.25, 0.3) is 0 Å². The molecule has 1 aromatic carbocycles. The van der Waals surface area contributed by atoms with Gasteiger partial charge in [-0.05, 0) is 56.5 Å². The number of anilines is 1. The first-order valence-corrected chi connectivity index (χ1v) is 6.82. The van der Waals surface area contributed by atoms with Crippen LogP contribution >= 0.6 is 0 Å². The summed E-state index contributed by atoms with van der Waals surface area (Å²) in [6.07, 6.45) is 2.47. The van der Waals surface area contributed by atoms with E-state index >= 15 is 0 Å². The second-order valence-corrected chi connectivity index (χ2v) is 5.40. The first-order valence-electron chi connectivity index (χ1n) is 6.82. The zero-order valence-electron chi connectivity index (χ0n) is 11.5. The molecule has 100 valence electrons. The van der Waals surface area contributed by atoms with Crippen molar-refractivity contribution in [1.29, 1.82) is 0 Å². The summed E-state index contributed by atoms with van der Waals surface area (Å²) in [6, 6.07) is 5.86. The minimum atomic E-state index is -0.136. The Morgan fingerprint density at radius 3 is 2.83 bits per heavy atom. The largest absolute Gasteiger partial charge is 0.368 e. The van der Waals surface area contributed by atoms with E-state index in [0.29, 0.717) is 18.5 Å². The van der Waals surface area contributed by atoms with Crippen molar-refractivity contribution in [2.24, 2.45) is 5.92 Å². The molecular formula is C15H23FN2. The van der Waals surface area contributed by atoms with Crippen LogP contribution in [0.5, 0.6) is 0 Å². The highest BCUT2D eigenvalue weighted by atomic mass is 19.1. The number of piperidine rings is 1. The Kier molecular flexibility index (Phi) is 4.23. The summed E-state index contributed by atoms with van der Waals surface area (Å²) in [4.78, 5) is 2.34. The maximum Gasteiger partial charge on any atom is 0.125 e. The van der Waals surface area contributed by atoms with Crippen molar-refractivity contribution in [3.05, 3.63) is 29.6 Å².